The Morgan fingerprint density at radius 3 is 2.57 bits per heavy atom. The number of nitrogens with zero attached hydrogens (tertiary/aromatic N) is 6. The number of rotatable bonds is 7. The van der Waals surface area contributed by atoms with Gasteiger partial charge in [0, 0.05) is 44.8 Å². The van der Waals surface area contributed by atoms with Crippen LogP contribution in [-0.2, 0) is 0 Å². The predicted octanol–water partition coefficient (Wildman–Crippen LogP) is 4.71. The SMILES string of the molecule is CCN(CC)c1nc2ccc(-c3nc(Nc4ccc(N5CCNCC5)cn4)ncc3F)cc2s1.Cl. The molecule has 0 amide bonds. The molecular formula is C24H28ClFN8S. The second-order valence-corrected chi connectivity index (χ2v) is 9.01. The van der Waals surface area contributed by atoms with Gasteiger partial charge in [0.1, 0.15) is 11.5 Å². The number of halogens is 2. The molecule has 0 atom stereocenters. The van der Waals surface area contributed by atoms with Gasteiger partial charge in [0.05, 0.1) is 28.3 Å². The number of benzene rings is 1. The van der Waals surface area contributed by atoms with Crippen molar-refractivity contribution < 1.29 is 4.39 Å². The molecule has 184 valence electrons. The largest absolute Gasteiger partial charge is 0.368 e. The second kappa shape index (κ2) is 11.1. The summed E-state index contributed by atoms with van der Waals surface area (Å²) in [6.07, 6.45) is 3.03. The molecule has 8 nitrogen and oxygen atoms in total. The molecule has 0 aliphatic carbocycles. The van der Waals surface area contributed by atoms with Gasteiger partial charge < -0.3 is 20.4 Å². The molecular weight excluding hydrogens is 487 g/mol. The van der Waals surface area contributed by atoms with Crippen LogP contribution in [0.15, 0.2) is 42.7 Å². The summed E-state index contributed by atoms with van der Waals surface area (Å²) in [5.41, 5.74) is 2.91. The zero-order valence-electron chi connectivity index (χ0n) is 19.7. The van der Waals surface area contributed by atoms with Crippen molar-refractivity contribution in [2.45, 2.75) is 13.8 Å². The van der Waals surface area contributed by atoms with Crippen LogP contribution in [0.4, 0.5) is 27.0 Å². The third-order valence-electron chi connectivity index (χ3n) is 5.90. The number of anilines is 4. The number of thiazole rings is 1. The summed E-state index contributed by atoms with van der Waals surface area (Å²) in [5.74, 6) is 0.436. The molecule has 1 aliphatic rings. The van der Waals surface area contributed by atoms with E-state index in [9.17, 15) is 4.39 Å². The summed E-state index contributed by atoms with van der Waals surface area (Å²) < 4.78 is 15.7. The van der Waals surface area contributed by atoms with Crippen molar-refractivity contribution in [3.8, 4) is 11.3 Å². The number of piperazine rings is 1. The highest BCUT2D eigenvalue weighted by molar-refractivity contribution is 7.22. The van der Waals surface area contributed by atoms with E-state index < -0.39 is 5.82 Å². The first kappa shape index (κ1) is 25.0. The van der Waals surface area contributed by atoms with Crippen molar-refractivity contribution >= 4 is 56.5 Å². The van der Waals surface area contributed by atoms with Crippen LogP contribution in [0, 0.1) is 5.82 Å². The van der Waals surface area contributed by atoms with Gasteiger partial charge in [-0.3, -0.25) is 0 Å². The van der Waals surface area contributed by atoms with Gasteiger partial charge in [0.25, 0.3) is 0 Å². The lowest BCUT2D eigenvalue weighted by Gasteiger charge is -2.29. The summed E-state index contributed by atoms with van der Waals surface area (Å²) in [6, 6.07) is 9.62. The van der Waals surface area contributed by atoms with Crippen molar-refractivity contribution in [1.29, 1.82) is 0 Å². The predicted molar refractivity (Wildman–Crippen MR) is 144 cm³/mol. The van der Waals surface area contributed by atoms with Gasteiger partial charge >= 0.3 is 0 Å². The molecule has 1 aromatic carbocycles. The molecule has 5 rings (SSSR count). The van der Waals surface area contributed by atoms with E-state index in [1.807, 2.05) is 36.5 Å². The molecule has 4 aromatic rings. The highest BCUT2D eigenvalue weighted by Gasteiger charge is 2.15. The average molecular weight is 515 g/mol. The lowest BCUT2D eigenvalue weighted by molar-refractivity contribution is 0.589. The summed E-state index contributed by atoms with van der Waals surface area (Å²) in [7, 11) is 0. The molecule has 1 fully saturated rings. The summed E-state index contributed by atoms with van der Waals surface area (Å²) >= 11 is 1.60. The van der Waals surface area contributed by atoms with E-state index in [-0.39, 0.29) is 18.1 Å². The van der Waals surface area contributed by atoms with Crippen molar-refractivity contribution in [2.75, 3.05) is 54.4 Å². The van der Waals surface area contributed by atoms with E-state index in [0.717, 1.165) is 60.3 Å². The smallest absolute Gasteiger partial charge is 0.229 e. The van der Waals surface area contributed by atoms with E-state index in [4.69, 9.17) is 4.98 Å². The van der Waals surface area contributed by atoms with Gasteiger partial charge in [-0.2, -0.15) is 0 Å². The first-order valence-electron chi connectivity index (χ1n) is 11.5. The molecule has 4 heterocycles. The Morgan fingerprint density at radius 1 is 1.06 bits per heavy atom. The van der Waals surface area contributed by atoms with Gasteiger partial charge in [-0.15, -0.1) is 12.4 Å². The Kier molecular flexibility index (Phi) is 7.94. The average Bonchev–Trinajstić information content (AvgIpc) is 3.30. The highest BCUT2D eigenvalue weighted by Crippen LogP contribution is 2.32. The normalized spacial score (nSPS) is 13.5. The first-order chi connectivity index (χ1) is 16.6. The maximum atomic E-state index is 14.7. The van der Waals surface area contributed by atoms with Crippen LogP contribution in [0.5, 0.6) is 0 Å². The third kappa shape index (κ3) is 5.44. The minimum atomic E-state index is -0.472. The summed E-state index contributed by atoms with van der Waals surface area (Å²) in [4.78, 5) is 22.3. The van der Waals surface area contributed by atoms with Crippen LogP contribution in [0.2, 0.25) is 0 Å². The van der Waals surface area contributed by atoms with Crippen molar-refractivity contribution in [3.05, 3.63) is 48.5 Å². The molecule has 0 unspecified atom stereocenters. The molecule has 2 N–H and O–H groups in total. The lowest BCUT2D eigenvalue weighted by atomic mass is 10.1. The number of hydrogen-bond donors (Lipinski definition) is 2. The number of aromatic nitrogens is 4. The zero-order valence-corrected chi connectivity index (χ0v) is 21.3. The Morgan fingerprint density at radius 2 is 1.86 bits per heavy atom. The molecule has 0 bridgehead atoms. The van der Waals surface area contributed by atoms with Crippen molar-refractivity contribution in [2.24, 2.45) is 0 Å². The number of fused-ring (bicyclic) bond motifs is 1. The molecule has 0 saturated carbocycles. The van der Waals surface area contributed by atoms with E-state index in [1.165, 1.54) is 6.20 Å². The van der Waals surface area contributed by atoms with Gasteiger partial charge in [0.15, 0.2) is 10.9 Å². The van der Waals surface area contributed by atoms with E-state index in [0.29, 0.717) is 17.3 Å². The van der Waals surface area contributed by atoms with E-state index in [1.54, 1.807) is 11.3 Å². The molecule has 1 saturated heterocycles. The van der Waals surface area contributed by atoms with Gasteiger partial charge in [-0.1, -0.05) is 17.4 Å². The van der Waals surface area contributed by atoms with Gasteiger partial charge in [-0.25, -0.2) is 24.3 Å². The minimum absolute atomic E-state index is 0. The Bertz CT molecular complexity index is 1270. The van der Waals surface area contributed by atoms with Crippen LogP contribution in [-0.4, -0.2) is 59.2 Å². The zero-order chi connectivity index (χ0) is 23.5. The second-order valence-electron chi connectivity index (χ2n) is 8.01. The Labute approximate surface area is 214 Å². The van der Waals surface area contributed by atoms with Gasteiger partial charge in [-0.05, 0) is 38.1 Å². The fourth-order valence-electron chi connectivity index (χ4n) is 4.00. The fourth-order valence-corrected chi connectivity index (χ4v) is 5.14. The molecule has 0 radical (unpaired) electrons. The molecule has 11 heteroatoms. The lowest BCUT2D eigenvalue weighted by Crippen LogP contribution is -2.43. The molecule has 1 aliphatic heterocycles. The van der Waals surface area contributed by atoms with Crippen molar-refractivity contribution in [3.63, 3.8) is 0 Å². The van der Waals surface area contributed by atoms with Crippen LogP contribution in [0.25, 0.3) is 21.5 Å². The van der Waals surface area contributed by atoms with E-state index in [2.05, 4.69) is 49.2 Å². The standard InChI is InChI=1S/C24H27FN8S.ClH/c1-3-32(4-2)24-29-19-7-5-16(13-20(19)34-24)22-18(25)15-28-23(31-22)30-21-8-6-17(14-27-21)33-11-9-26-10-12-33;/h5-8,13-15,26H,3-4,9-12H2,1-2H3,(H,27,28,30,31);1H. The maximum absolute atomic E-state index is 14.7. The summed E-state index contributed by atoms with van der Waals surface area (Å²) in [5, 5.41) is 7.41. The Balaban J connectivity index is 0.00000289. The third-order valence-corrected chi connectivity index (χ3v) is 6.98. The molecule has 35 heavy (non-hydrogen) atoms. The van der Waals surface area contributed by atoms with Crippen LogP contribution in [0.1, 0.15) is 13.8 Å². The first-order valence-corrected chi connectivity index (χ1v) is 12.3. The van der Waals surface area contributed by atoms with Crippen LogP contribution >= 0.6 is 23.7 Å². The topological polar surface area (TPSA) is 82.1 Å². The Hall–Kier alpha value is -3.08. The van der Waals surface area contributed by atoms with Gasteiger partial charge in [0.2, 0.25) is 5.95 Å². The van der Waals surface area contributed by atoms with Crippen molar-refractivity contribution in [1.82, 2.24) is 25.3 Å². The monoisotopic (exact) mass is 514 g/mol. The number of pyridine rings is 1. The van der Waals surface area contributed by atoms with Crippen LogP contribution < -0.4 is 20.4 Å². The highest BCUT2D eigenvalue weighted by atomic mass is 35.5. The number of nitrogens with one attached hydrogen (secondary N) is 2. The minimum Gasteiger partial charge on any atom is -0.368 e. The number of hydrogen-bond acceptors (Lipinski definition) is 9. The maximum Gasteiger partial charge on any atom is 0.229 e. The molecule has 3 aromatic heterocycles. The quantitative estimate of drug-likeness (QED) is 0.367. The van der Waals surface area contributed by atoms with E-state index >= 15 is 0 Å². The molecule has 0 spiro atoms. The summed E-state index contributed by atoms with van der Waals surface area (Å²) in [6.45, 7) is 9.86. The van der Waals surface area contributed by atoms with Crippen LogP contribution in [0.3, 0.4) is 0 Å². The fraction of sp³-hybridized carbons (Fsp3) is 0.333.